The number of nitrogens with zero attached hydrogens (tertiary/aromatic N) is 3. The molecule has 1 atom stereocenters. The number of hydrogen-bond acceptors (Lipinski definition) is 5. The molecule has 1 aliphatic heterocycles. The van der Waals surface area contributed by atoms with Crippen LogP contribution in [-0.4, -0.2) is 21.7 Å². The summed E-state index contributed by atoms with van der Waals surface area (Å²) in [7, 11) is 0. The number of aromatic nitrogens is 3. The Bertz CT molecular complexity index is 519. The van der Waals surface area contributed by atoms with Crippen molar-refractivity contribution in [2.45, 2.75) is 25.3 Å². The average Bonchev–Trinajstić information content (AvgIpc) is 2.90. The molecule has 0 aromatic carbocycles. The zero-order valence-corrected chi connectivity index (χ0v) is 9.77. The second kappa shape index (κ2) is 4.81. The van der Waals surface area contributed by atoms with Gasteiger partial charge in [-0.2, -0.15) is 4.98 Å². The third-order valence-electron chi connectivity index (χ3n) is 3.01. The first kappa shape index (κ1) is 11.3. The van der Waals surface area contributed by atoms with Gasteiger partial charge in [-0.1, -0.05) is 11.6 Å². The van der Waals surface area contributed by atoms with Crippen molar-refractivity contribution in [3.05, 3.63) is 30.0 Å². The van der Waals surface area contributed by atoms with E-state index in [0.717, 1.165) is 25.6 Å². The molecule has 0 aliphatic carbocycles. The Balaban J connectivity index is 1.82. The Morgan fingerprint density at radius 1 is 1.33 bits per heavy atom. The molecule has 6 heteroatoms. The van der Waals surface area contributed by atoms with Crippen LogP contribution in [0, 0.1) is 5.82 Å². The van der Waals surface area contributed by atoms with Crippen LogP contribution in [0.2, 0.25) is 0 Å². The minimum Gasteiger partial charge on any atom is -0.337 e. The first-order chi connectivity index (χ1) is 8.83. The van der Waals surface area contributed by atoms with E-state index in [1.165, 1.54) is 18.6 Å². The lowest BCUT2D eigenvalue weighted by Gasteiger charge is -2.19. The molecule has 94 valence electrons. The van der Waals surface area contributed by atoms with Crippen LogP contribution in [-0.2, 0) is 0 Å². The van der Waals surface area contributed by atoms with Crippen molar-refractivity contribution in [2.75, 3.05) is 6.54 Å². The van der Waals surface area contributed by atoms with Gasteiger partial charge in [-0.25, -0.2) is 9.37 Å². The zero-order chi connectivity index (χ0) is 12.4. The number of rotatable bonds is 2. The zero-order valence-electron chi connectivity index (χ0n) is 9.77. The standard InChI is InChI=1S/C12H13FN4O/c13-8-4-5-9(15-7-8)11-16-12(18-17-11)10-3-1-2-6-14-10/h4-5,7,10,14H,1-3,6H2/t10-/m0/s1. The Morgan fingerprint density at radius 2 is 2.28 bits per heavy atom. The van der Waals surface area contributed by atoms with E-state index < -0.39 is 0 Å². The predicted octanol–water partition coefficient (Wildman–Crippen LogP) is 2.09. The fourth-order valence-corrected chi connectivity index (χ4v) is 2.05. The molecule has 2 aromatic rings. The van der Waals surface area contributed by atoms with E-state index >= 15 is 0 Å². The molecule has 0 saturated carbocycles. The molecule has 18 heavy (non-hydrogen) atoms. The van der Waals surface area contributed by atoms with Gasteiger partial charge in [0.05, 0.1) is 12.2 Å². The van der Waals surface area contributed by atoms with Crippen molar-refractivity contribution < 1.29 is 8.91 Å². The number of nitrogens with one attached hydrogen (secondary N) is 1. The van der Waals surface area contributed by atoms with E-state index in [-0.39, 0.29) is 11.9 Å². The van der Waals surface area contributed by atoms with Crippen LogP contribution >= 0.6 is 0 Å². The van der Waals surface area contributed by atoms with Gasteiger partial charge in [-0.05, 0) is 31.5 Å². The van der Waals surface area contributed by atoms with Crippen LogP contribution in [0.4, 0.5) is 4.39 Å². The van der Waals surface area contributed by atoms with Gasteiger partial charge in [-0.15, -0.1) is 0 Å². The first-order valence-electron chi connectivity index (χ1n) is 6.02. The van der Waals surface area contributed by atoms with Gasteiger partial charge in [0.2, 0.25) is 11.7 Å². The molecule has 5 nitrogen and oxygen atoms in total. The Morgan fingerprint density at radius 3 is 3.00 bits per heavy atom. The molecule has 1 N–H and O–H groups in total. The van der Waals surface area contributed by atoms with Crippen molar-refractivity contribution >= 4 is 0 Å². The molecule has 0 bridgehead atoms. The molecule has 1 aliphatic rings. The molecule has 3 heterocycles. The minimum atomic E-state index is -0.378. The van der Waals surface area contributed by atoms with Gasteiger partial charge in [0.25, 0.3) is 0 Å². The van der Waals surface area contributed by atoms with Gasteiger partial charge >= 0.3 is 0 Å². The van der Waals surface area contributed by atoms with Crippen LogP contribution in [0.15, 0.2) is 22.9 Å². The lowest BCUT2D eigenvalue weighted by atomic mass is 10.1. The smallest absolute Gasteiger partial charge is 0.244 e. The van der Waals surface area contributed by atoms with Crippen molar-refractivity contribution in [3.63, 3.8) is 0 Å². The summed E-state index contributed by atoms with van der Waals surface area (Å²) in [6.07, 6.45) is 4.48. The van der Waals surface area contributed by atoms with Crippen molar-refractivity contribution in [1.29, 1.82) is 0 Å². The quantitative estimate of drug-likeness (QED) is 0.881. The average molecular weight is 248 g/mol. The molecular formula is C12H13FN4O. The van der Waals surface area contributed by atoms with Crippen molar-refractivity contribution in [1.82, 2.24) is 20.4 Å². The maximum Gasteiger partial charge on any atom is 0.244 e. The van der Waals surface area contributed by atoms with E-state index in [9.17, 15) is 4.39 Å². The summed E-state index contributed by atoms with van der Waals surface area (Å²) < 4.78 is 18.0. The van der Waals surface area contributed by atoms with E-state index in [2.05, 4.69) is 20.4 Å². The van der Waals surface area contributed by atoms with Crippen LogP contribution in [0.1, 0.15) is 31.2 Å². The summed E-state index contributed by atoms with van der Waals surface area (Å²) in [5, 5.41) is 7.21. The predicted molar refractivity (Wildman–Crippen MR) is 62.1 cm³/mol. The molecular weight excluding hydrogens is 235 g/mol. The van der Waals surface area contributed by atoms with Gasteiger partial charge in [-0.3, -0.25) is 0 Å². The minimum absolute atomic E-state index is 0.125. The number of pyridine rings is 1. The topological polar surface area (TPSA) is 63.8 Å². The van der Waals surface area contributed by atoms with Crippen LogP contribution in [0.25, 0.3) is 11.5 Å². The maximum atomic E-state index is 12.8. The highest BCUT2D eigenvalue weighted by atomic mass is 19.1. The summed E-state index contributed by atoms with van der Waals surface area (Å²) in [6, 6.07) is 3.00. The highest BCUT2D eigenvalue weighted by Gasteiger charge is 2.21. The summed E-state index contributed by atoms with van der Waals surface area (Å²) in [4.78, 5) is 8.24. The molecule has 2 aromatic heterocycles. The fourth-order valence-electron chi connectivity index (χ4n) is 2.05. The monoisotopic (exact) mass is 248 g/mol. The van der Waals surface area contributed by atoms with E-state index in [4.69, 9.17) is 4.52 Å². The van der Waals surface area contributed by atoms with Crippen molar-refractivity contribution in [3.8, 4) is 11.5 Å². The SMILES string of the molecule is Fc1ccc(-c2noc([C@@H]3CCCCN3)n2)nc1. The molecule has 0 unspecified atom stereocenters. The van der Waals surface area contributed by atoms with Gasteiger partial charge < -0.3 is 9.84 Å². The normalized spacial score (nSPS) is 19.9. The molecule has 1 fully saturated rings. The lowest BCUT2D eigenvalue weighted by Crippen LogP contribution is -2.26. The number of piperidine rings is 1. The van der Waals surface area contributed by atoms with Crippen molar-refractivity contribution in [2.24, 2.45) is 0 Å². The van der Waals surface area contributed by atoms with Crippen LogP contribution in [0.3, 0.4) is 0 Å². The Hall–Kier alpha value is -1.82. The van der Waals surface area contributed by atoms with Gasteiger partial charge in [0.15, 0.2) is 0 Å². The molecule has 3 rings (SSSR count). The van der Waals surface area contributed by atoms with Gasteiger partial charge in [0, 0.05) is 0 Å². The second-order valence-corrected chi connectivity index (χ2v) is 4.32. The molecule has 0 spiro atoms. The summed E-state index contributed by atoms with van der Waals surface area (Å²) in [6.45, 7) is 0.969. The van der Waals surface area contributed by atoms with Crippen LogP contribution in [0.5, 0.6) is 0 Å². The lowest BCUT2D eigenvalue weighted by molar-refractivity contribution is 0.297. The molecule has 0 amide bonds. The summed E-state index contributed by atoms with van der Waals surface area (Å²) in [5.41, 5.74) is 0.516. The fraction of sp³-hybridized carbons (Fsp3) is 0.417. The summed E-state index contributed by atoms with van der Waals surface area (Å²) >= 11 is 0. The Labute approximate surface area is 103 Å². The first-order valence-corrected chi connectivity index (χ1v) is 6.02. The molecule has 1 saturated heterocycles. The van der Waals surface area contributed by atoms with Crippen LogP contribution < -0.4 is 5.32 Å². The largest absolute Gasteiger partial charge is 0.337 e. The number of hydrogen-bond donors (Lipinski definition) is 1. The Kier molecular flexibility index (Phi) is 3.02. The van der Waals surface area contributed by atoms with E-state index in [1.54, 1.807) is 0 Å². The number of halogens is 1. The second-order valence-electron chi connectivity index (χ2n) is 4.32. The third kappa shape index (κ3) is 2.24. The third-order valence-corrected chi connectivity index (χ3v) is 3.01. The van der Waals surface area contributed by atoms with E-state index in [0.29, 0.717) is 17.4 Å². The highest BCUT2D eigenvalue weighted by Crippen LogP contribution is 2.23. The van der Waals surface area contributed by atoms with Gasteiger partial charge in [0.1, 0.15) is 11.5 Å². The summed E-state index contributed by atoms with van der Waals surface area (Å²) in [5.74, 6) is 0.601. The van der Waals surface area contributed by atoms with E-state index in [1.807, 2.05) is 0 Å². The maximum absolute atomic E-state index is 12.8. The highest BCUT2D eigenvalue weighted by molar-refractivity contribution is 5.47. The molecule has 0 radical (unpaired) electrons.